The van der Waals surface area contributed by atoms with E-state index in [1.807, 2.05) is 30.3 Å². The topological polar surface area (TPSA) is 174 Å². The third kappa shape index (κ3) is 7.74. The van der Waals surface area contributed by atoms with Gasteiger partial charge in [0.15, 0.2) is 0 Å². The van der Waals surface area contributed by atoms with Gasteiger partial charge in [-0.15, -0.1) is 0 Å². The van der Waals surface area contributed by atoms with Crippen LogP contribution in [-0.4, -0.2) is 17.2 Å². The van der Waals surface area contributed by atoms with Crippen LogP contribution in [0.5, 0.6) is 11.5 Å². The van der Waals surface area contributed by atoms with Crippen LogP contribution >= 0.6 is 11.6 Å². The van der Waals surface area contributed by atoms with Crippen LogP contribution < -0.4 is 27.7 Å². The van der Waals surface area contributed by atoms with Crippen molar-refractivity contribution in [2.45, 2.75) is 0 Å². The number of halogens is 1. The Labute approximate surface area is 217 Å². The zero-order valence-corrected chi connectivity index (χ0v) is 20.1. The number of carbonyl (C=O) groups is 3. The molecule has 0 fully saturated rings. The second-order valence-corrected chi connectivity index (χ2v) is 7.96. The van der Waals surface area contributed by atoms with Gasteiger partial charge in [-0.25, -0.2) is 9.59 Å². The van der Waals surface area contributed by atoms with Gasteiger partial charge in [0.25, 0.3) is 5.24 Å². The van der Waals surface area contributed by atoms with E-state index in [-0.39, 0.29) is 16.7 Å². The van der Waals surface area contributed by atoms with Crippen LogP contribution in [0, 0.1) is 0 Å². The van der Waals surface area contributed by atoms with Crippen molar-refractivity contribution >= 4 is 51.5 Å². The highest BCUT2D eigenvalue weighted by atomic mass is 35.5. The molecule has 1 aliphatic rings. The molecule has 0 saturated carbocycles. The number of ether oxygens (including phenoxy) is 2. The standard InChI is InChI=1S/C12H12N2O.C9H3ClO4.C6H8N2/c13-9-1-5-11(6-2-9)15-12-7-3-10(14)4-8-12;10-7(11)4-1-2-5-6(3-4)9(13)14-8(5)12;7-5-2-1-3-6(8)4-5/h1-8H,13-14H2;1-3H;1-4H,7-8H2. The third-order valence-electron chi connectivity index (χ3n) is 4.78. The molecule has 1 aliphatic heterocycles. The van der Waals surface area contributed by atoms with E-state index in [0.717, 1.165) is 22.9 Å². The fourth-order valence-corrected chi connectivity index (χ4v) is 3.09. The smallest absolute Gasteiger partial charge is 0.346 e. The quantitative estimate of drug-likeness (QED) is 0.127. The lowest BCUT2D eigenvalue weighted by Gasteiger charge is -2.05. The fraction of sp³-hybridized carbons (Fsp3) is 0. The average Bonchev–Trinajstić information content (AvgIpc) is 3.15. The number of anilines is 4. The first kappa shape index (κ1) is 26.6. The Morgan fingerprint density at radius 3 is 1.54 bits per heavy atom. The summed E-state index contributed by atoms with van der Waals surface area (Å²) in [5, 5.41) is -0.681. The van der Waals surface area contributed by atoms with Crippen LogP contribution in [0.1, 0.15) is 31.1 Å². The van der Waals surface area contributed by atoms with Gasteiger partial charge in [0.1, 0.15) is 11.5 Å². The number of hydrogen-bond donors (Lipinski definition) is 4. The van der Waals surface area contributed by atoms with Crippen molar-refractivity contribution in [3.63, 3.8) is 0 Å². The van der Waals surface area contributed by atoms with E-state index < -0.39 is 17.2 Å². The number of carbonyl (C=O) groups excluding carboxylic acids is 3. The van der Waals surface area contributed by atoms with Crippen molar-refractivity contribution in [1.82, 2.24) is 0 Å². The summed E-state index contributed by atoms with van der Waals surface area (Å²) in [5.41, 5.74) is 25.2. The zero-order chi connectivity index (χ0) is 26.9. The molecule has 1 heterocycles. The van der Waals surface area contributed by atoms with E-state index in [0.29, 0.717) is 11.4 Å². The van der Waals surface area contributed by atoms with Crippen LogP contribution in [0.3, 0.4) is 0 Å². The van der Waals surface area contributed by atoms with Crippen LogP contribution in [0.2, 0.25) is 0 Å². The number of benzene rings is 4. The summed E-state index contributed by atoms with van der Waals surface area (Å²) in [4.78, 5) is 32.8. The van der Waals surface area contributed by atoms with Gasteiger partial charge in [0, 0.05) is 28.3 Å². The summed E-state index contributed by atoms with van der Waals surface area (Å²) in [6.45, 7) is 0. The second-order valence-electron chi connectivity index (χ2n) is 7.62. The molecule has 0 radical (unpaired) electrons. The number of hydrogen-bond acceptors (Lipinski definition) is 9. The highest BCUT2D eigenvalue weighted by Gasteiger charge is 2.30. The van der Waals surface area contributed by atoms with Gasteiger partial charge >= 0.3 is 11.9 Å². The zero-order valence-electron chi connectivity index (χ0n) is 19.4. The second kappa shape index (κ2) is 12.1. The summed E-state index contributed by atoms with van der Waals surface area (Å²) in [5.74, 6) is 0.0753. The average molecular weight is 519 g/mol. The normalized spacial score (nSPS) is 11.2. The Morgan fingerprint density at radius 2 is 1.11 bits per heavy atom. The minimum atomic E-state index is -0.746. The predicted octanol–water partition coefficient (Wildman–Crippen LogP) is 4.87. The van der Waals surface area contributed by atoms with Crippen molar-refractivity contribution in [1.29, 1.82) is 0 Å². The molecule has 5 rings (SSSR count). The molecule has 9 nitrogen and oxygen atoms in total. The van der Waals surface area contributed by atoms with E-state index in [4.69, 9.17) is 39.3 Å². The molecule has 4 aromatic rings. The summed E-state index contributed by atoms with van der Waals surface area (Å²) in [6, 6.07) is 25.6. The van der Waals surface area contributed by atoms with Crippen LogP contribution in [0.25, 0.3) is 0 Å². The lowest BCUT2D eigenvalue weighted by molar-refractivity contribution is 0.0443. The molecule has 0 amide bonds. The number of nitrogen functional groups attached to an aromatic ring is 4. The molecule has 0 saturated heterocycles. The monoisotopic (exact) mass is 518 g/mol. The first-order valence-electron chi connectivity index (χ1n) is 10.7. The largest absolute Gasteiger partial charge is 0.457 e. The Kier molecular flexibility index (Phi) is 8.69. The first-order chi connectivity index (χ1) is 17.6. The molecule has 188 valence electrons. The Bertz CT molecular complexity index is 1360. The van der Waals surface area contributed by atoms with Gasteiger partial charge in [-0.3, -0.25) is 4.79 Å². The van der Waals surface area contributed by atoms with E-state index in [9.17, 15) is 14.4 Å². The van der Waals surface area contributed by atoms with Gasteiger partial charge in [-0.2, -0.15) is 0 Å². The Balaban J connectivity index is 0.000000161. The molecule has 0 atom stereocenters. The van der Waals surface area contributed by atoms with E-state index in [1.54, 1.807) is 42.5 Å². The minimum absolute atomic E-state index is 0.0847. The van der Waals surface area contributed by atoms with Crippen LogP contribution in [0.4, 0.5) is 22.7 Å². The SMILES string of the molecule is Nc1ccc(Oc2ccc(N)cc2)cc1.Nc1cccc(N)c1.O=C(Cl)c1ccc2c(c1)C(=O)OC2=O. The lowest BCUT2D eigenvalue weighted by Crippen LogP contribution is -1.97. The highest BCUT2D eigenvalue weighted by Crippen LogP contribution is 2.23. The predicted molar refractivity (Wildman–Crippen MR) is 143 cm³/mol. The number of nitrogens with two attached hydrogens (primary N) is 4. The highest BCUT2D eigenvalue weighted by molar-refractivity contribution is 6.67. The Morgan fingerprint density at radius 1 is 0.622 bits per heavy atom. The molecule has 0 unspecified atom stereocenters. The molecule has 0 aliphatic carbocycles. The molecule has 0 spiro atoms. The Hall–Kier alpha value is -5.02. The van der Waals surface area contributed by atoms with Gasteiger partial charge < -0.3 is 32.4 Å². The summed E-state index contributed by atoms with van der Waals surface area (Å²) in [6.07, 6.45) is 0. The van der Waals surface area contributed by atoms with Crippen LogP contribution in [-0.2, 0) is 4.74 Å². The minimum Gasteiger partial charge on any atom is -0.457 e. The first-order valence-corrected chi connectivity index (χ1v) is 11.1. The summed E-state index contributed by atoms with van der Waals surface area (Å²) in [7, 11) is 0. The number of cyclic esters (lactones) is 2. The number of esters is 2. The molecular formula is C27H23ClN4O5. The molecule has 37 heavy (non-hydrogen) atoms. The maximum Gasteiger partial charge on any atom is 0.346 e. The van der Waals surface area contributed by atoms with E-state index >= 15 is 0 Å². The van der Waals surface area contributed by atoms with Gasteiger partial charge in [-0.1, -0.05) is 6.07 Å². The maximum absolute atomic E-state index is 11.1. The molecule has 4 aromatic carbocycles. The fourth-order valence-electron chi connectivity index (χ4n) is 2.97. The molecule has 0 aromatic heterocycles. The van der Waals surface area contributed by atoms with E-state index in [2.05, 4.69) is 4.74 Å². The third-order valence-corrected chi connectivity index (χ3v) is 5.00. The summed E-state index contributed by atoms with van der Waals surface area (Å²) < 4.78 is 9.91. The van der Waals surface area contributed by atoms with Crippen molar-refractivity contribution in [3.8, 4) is 11.5 Å². The number of fused-ring (bicyclic) bond motifs is 1. The van der Waals surface area contributed by atoms with Crippen molar-refractivity contribution in [2.75, 3.05) is 22.9 Å². The van der Waals surface area contributed by atoms with Crippen molar-refractivity contribution in [3.05, 3.63) is 108 Å². The van der Waals surface area contributed by atoms with Gasteiger partial charge in [0.05, 0.1) is 11.1 Å². The molecule has 10 heteroatoms. The molecular weight excluding hydrogens is 496 g/mol. The van der Waals surface area contributed by atoms with Crippen molar-refractivity contribution in [2.24, 2.45) is 0 Å². The van der Waals surface area contributed by atoms with Gasteiger partial charge in [0.2, 0.25) is 0 Å². The van der Waals surface area contributed by atoms with Gasteiger partial charge in [-0.05, 0) is 96.5 Å². The maximum atomic E-state index is 11.1. The van der Waals surface area contributed by atoms with Crippen LogP contribution in [0.15, 0.2) is 91.0 Å². The molecule has 0 bridgehead atoms. The lowest BCUT2D eigenvalue weighted by atomic mass is 10.1. The number of rotatable bonds is 3. The molecule has 8 N–H and O–H groups in total. The van der Waals surface area contributed by atoms with Crippen molar-refractivity contribution < 1.29 is 23.9 Å². The summed E-state index contributed by atoms with van der Waals surface area (Å²) >= 11 is 5.21. The van der Waals surface area contributed by atoms with E-state index in [1.165, 1.54) is 18.2 Å².